The maximum absolute atomic E-state index is 15.5. The van der Waals surface area contributed by atoms with E-state index in [0.29, 0.717) is 58.6 Å². The molecule has 17 heteroatoms. The molecular weight excluding hydrogens is 827 g/mol. The lowest BCUT2D eigenvalue weighted by molar-refractivity contribution is -0.108. The van der Waals surface area contributed by atoms with Gasteiger partial charge in [-0.1, -0.05) is 26.7 Å². The number of nitriles is 1. The van der Waals surface area contributed by atoms with E-state index in [4.69, 9.17) is 4.74 Å². The first-order valence-corrected chi connectivity index (χ1v) is 22.7. The Morgan fingerprint density at radius 2 is 1.79 bits per heavy atom. The first-order valence-electron chi connectivity index (χ1n) is 21.9. The summed E-state index contributed by atoms with van der Waals surface area (Å²) in [6, 6.07) is 12.8. The van der Waals surface area contributed by atoms with Gasteiger partial charge in [0.2, 0.25) is 6.41 Å². The van der Waals surface area contributed by atoms with Gasteiger partial charge in [-0.15, -0.1) is 0 Å². The van der Waals surface area contributed by atoms with E-state index in [0.717, 1.165) is 43.3 Å². The molecule has 0 atom stereocenters. The summed E-state index contributed by atoms with van der Waals surface area (Å²) < 4.78 is 42.1. The first kappa shape index (κ1) is 45.5. The molecule has 1 saturated heterocycles. The number of likely N-dealkylation sites (tertiary alicyclic amines) is 1. The van der Waals surface area contributed by atoms with Crippen molar-refractivity contribution in [1.29, 1.82) is 5.26 Å². The molecule has 63 heavy (non-hydrogen) atoms. The number of H-pyrrole nitrogens is 1. The highest BCUT2D eigenvalue weighted by molar-refractivity contribution is 7.98. The van der Waals surface area contributed by atoms with Gasteiger partial charge in [0.15, 0.2) is 17.4 Å². The van der Waals surface area contributed by atoms with Crippen LogP contribution < -0.4 is 25.2 Å². The highest BCUT2D eigenvalue weighted by Gasteiger charge is 2.39. The molecule has 2 aromatic heterocycles. The lowest BCUT2D eigenvalue weighted by atomic mass is 9.75. The fourth-order valence-corrected chi connectivity index (χ4v) is 10.0. The molecule has 0 radical (unpaired) electrons. The summed E-state index contributed by atoms with van der Waals surface area (Å²) >= 11 is 1.28. The second kappa shape index (κ2) is 20.3. The summed E-state index contributed by atoms with van der Waals surface area (Å²) in [5.74, 6) is -0.290. The summed E-state index contributed by atoms with van der Waals surface area (Å²) in [4.78, 5) is 45.9. The van der Waals surface area contributed by atoms with E-state index in [2.05, 4.69) is 30.0 Å². The van der Waals surface area contributed by atoms with Crippen molar-refractivity contribution >= 4 is 57.9 Å². The monoisotopic (exact) mass is 882 g/mol. The van der Waals surface area contributed by atoms with Crippen LogP contribution >= 0.6 is 12.1 Å². The number of ether oxygens (including phenoxy) is 1. The predicted octanol–water partition coefficient (Wildman–Crippen LogP) is 9.13. The highest BCUT2D eigenvalue weighted by Crippen LogP contribution is 2.47. The number of nitrogens with zero attached hydrogens (tertiary/aromatic N) is 7. The number of piperidine rings is 1. The number of rotatable bonds is 12. The van der Waals surface area contributed by atoms with Crippen molar-refractivity contribution in [3.05, 3.63) is 81.9 Å². The van der Waals surface area contributed by atoms with Crippen LogP contribution in [0, 0.1) is 28.4 Å². The minimum Gasteiger partial charge on any atom is -0.453 e. The number of anilines is 2. The van der Waals surface area contributed by atoms with Crippen LogP contribution in [0.4, 0.5) is 25.1 Å². The van der Waals surface area contributed by atoms with Crippen LogP contribution in [-0.2, 0) is 11.8 Å². The molecule has 2 aliphatic carbocycles. The third-order valence-electron chi connectivity index (χ3n) is 13.1. The molecule has 3 N–H and O–H groups in total. The first-order chi connectivity index (χ1) is 30.5. The number of carbonyl (C=O) groups is 2. The maximum atomic E-state index is 15.5. The van der Waals surface area contributed by atoms with E-state index in [1.165, 1.54) is 99.2 Å². The van der Waals surface area contributed by atoms with E-state index >= 15 is 4.39 Å². The second-order valence-corrected chi connectivity index (χ2v) is 17.9. The van der Waals surface area contributed by atoms with E-state index in [1.54, 1.807) is 16.8 Å². The van der Waals surface area contributed by atoms with Crippen LogP contribution in [0.15, 0.2) is 53.6 Å². The Hall–Kier alpha value is -5.57. The van der Waals surface area contributed by atoms with Crippen LogP contribution in [0.3, 0.4) is 0 Å². The van der Waals surface area contributed by atoms with E-state index in [-0.39, 0.29) is 34.4 Å². The average molecular weight is 883 g/mol. The van der Waals surface area contributed by atoms with Gasteiger partial charge in [0.05, 0.1) is 28.4 Å². The smallest absolute Gasteiger partial charge is 0.329 e. The van der Waals surface area contributed by atoms with Crippen molar-refractivity contribution in [2.24, 2.45) is 12.5 Å². The zero-order valence-electron chi connectivity index (χ0n) is 36.4. The number of hydrogen-bond acceptors (Lipinski definition) is 11. The quantitative estimate of drug-likeness (QED) is 0.0809. The Kier molecular flexibility index (Phi) is 14.6. The van der Waals surface area contributed by atoms with Crippen molar-refractivity contribution in [3.8, 4) is 17.6 Å². The lowest BCUT2D eigenvalue weighted by Gasteiger charge is -2.44. The maximum Gasteiger partial charge on any atom is 0.329 e. The molecule has 3 fully saturated rings. The number of aromatic nitrogens is 4. The summed E-state index contributed by atoms with van der Waals surface area (Å²) in [6.07, 6.45) is 15.0. The third kappa shape index (κ3) is 10.1. The van der Waals surface area contributed by atoms with Crippen molar-refractivity contribution in [3.63, 3.8) is 0 Å². The molecule has 0 bridgehead atoms. The molecule has 8 rings (SSSR count). The second-order valence-electron chi connectivity index (χ2n) is 16.9. The molecule has 1 spiro atoms. The summed E-state index contributed by atoms with van der Waals surface area (Å²) in [6.45, 7) is 7.56. The van der Waals surface area contributed by atoms with Gasteiger partial charge >= 0.3 is 6.03 Å². The summed E-state index contributed by atoms with van der Waals surface area (Å²) in [5.41, 5.74) is 2.84. The predicted molar refractivity (Wildman–Crippen MR) is 243 cm³/mol. The number of imide groups is 1. The van der Waals surface area contributed by atoms with Crippen LogP contribution in [0.1, 0.15) is 102 Å². The van der Waals surface area contributed by atoms with Crippen molar-refractivity contribution in [2.45, 2.75) is 96.4 Å². The summed E-state index contributed by atoms with van der Waals surface area (Å²) in [7, 11) is 3.70. The average Bonchev–Trinajstić information content (AvgIpc) is 3.88. The van der Waals surface area contributed by atoms with Crippen LogP contribution in [0.2, 0.25) is 0 Å². The largest absolute Gasteiger partial charge is 0.453 e. The zero-order valence-corrected chi connectivity index (χ0v) is 37.2. The molecule has 334 valence electrons. The van der Waals surface area contributed by atoms with Crippen molar-refractivity contribution in [2.75, 3.05) is 42.8 Å². The Labute approximate surface area is 370 Å². The van der Waals surface area contributed by atoms with Gasteiger partial charge in [0, 0.05) is 43.7 Å². The molecule has 3 aliphatic rings. The van der Waals surface area contributed by atoms with Crippen molar-refractivity contribution < 1.29 is 23.1 Å². The third-order valence-corrected chi connectivity index (χ3v) is 13.9. The van der Waals surface area contributed by atoms with Crippen LogP contribution in [0.5, 0.6) is 11.5 Å². The number of amides is 3. The topological polar surface area (TPSA) is 165 Å². The Morgan fingerprint density at radius 1 is 1.05 bits per heavy atom. The van der Waals surface area contributed by atoms with Crippen molar-refractivity contribution in [1.82, 2.24) is 34.3 Å². The lowest BCUT2D eigenvalue weighted by Crippen LogP contribution is -2.45. The molecule has 2 saturated carbocycles. The number of benzene rings is 3. The number of aromatic amines is 1. The normalized spacial score (nSPS) is 18.5. The Balaban J connectivity index is 0.000000197. The number of fused-ring (bicyclic) bond motifs is 2. The standard InChI is InChI=1S/C28H40FN5O2.C18H16FN5O2S/c1-3-14-34(27(36)30-19-35)26-23-17-24(29)22(18-25(23)32(2)31-26)20-6-8-21(9-7-20)33-15-12-28(13-16-33)10-4-5-11-28;1-3-24(2)27-23-16-7-5-14(19)17(13(16)9-20)26-11-4-6-15-12(8-11)18(25)22-10-21-15/h17-21H,3-16H2,1-2H3,(H,30,35,36);4-8,10,23H,3H2,1-2H3,(H,21,22,25). The van der Waals surface area contributed by atoms with Gasteiger partial charge in [-0.2, -0.15) is 10.4 Å². The molecule has 5 aromatic rings. The SMILES string of the molecule is CCCN(C(=O)NC=O)c1nn(C)c2cc(C3CCC(N4CCC5(CCCC5)CC4)CC3)c(F)cc12.CCN(C)SNc1ccc(F)c(Oc2ccc3nc[nH]c(=O)c3c2)c1C#N. The number of aryl methyl sites for hydroxylation is 1. The van der Waals surface area contributed by atoms with Gasteiger partial charge in [0.1, 0.15) is 23.2 Å². The van der Waals surface area contributed by atoms with Gasteiger partial charge in [-0.25, -0.2) is 22.9 Å². The molecular formula is C46H56F2N10O4S. The molecule has 3 aromatic carbocycles. The molecule has 0 unspecified atom stereocenters. The highest BCUT2D eigenvalue weighted by atomic mass is 32.2. The number of carbonyl (C=O) groups excluding carboxylic acids is 2. The Morgan fingerprint density at radius 3 is 2.48 bits per heavy atom. The van der Waals surface area contributed by atoms with Gasteiger partial charge in [-0.05, 0) is 137 Å². The van der Waals surface area contributed by atoms with E-state index in [9.17, 15) is 24.0 Å². The van der Waals surface area contributed by atoms with E-state index in [1.807, 2.05) is 44.4 Å². The van der Waals surface area contributed by atoms with Gasteiger partial charge in [-0.3, -0.25) is 24.5 Å². The minimum absolute atomic E-state index is 0.0344. The van der Waals surface area contributed by atoms with Gasteiger partial charge in [0.25, 0.3) is 5.56 Å². The number of halogens is 2. The fourth-order valence-electron chi connectivity index (χ4n) is 9.46. The molecule has 14 nitrogen and oxygen atoms in total. The fraction of sp³-hybridized carbons (Fsp3) is 0.478. The Bertz CT molecular complexity index is 2520. The number of hydrogen-bond donors (Lipinski definition) is 3. The van der Waals surface area contributed by atoms with Crippen LogP contribution in [-0.4, -0.2) is 80.7 Å². The van der Waals surface area contributed by atoms with Gasteiger partial charge < -0.3 is 19.3 Å². The number of nitrogens with one attached hydrogen (secondary N) is 3. The minimum atomic E-state index is -0.675. The van der Waals surface area contributed by atoms with E-state index < -0.39 is 11.8 Å². The zero-order chi connectivity index (χ0) is 44.7. The molecule has 3 heterocycles. The molecule has 1 aliphatic heterocycles. The van der Waals surface area contributed by atoms with Crippen LogP contribution in [0.25, 0.3) is 21.8 Å². The number of urea groups is 1. The molecule has 3 amide bonds. The summed E-state index contributed by atoms with van der Waals surface area (Å²) in [5, 5.41) is 17.1.